The predicted octanol–water partition coefficient (Wildman–Crippen LogP) is 3.65. The molecule has 0 bridgehead atoms. The van der Waals surface area contributed by atoms with Gasteiger partial charge in [-0.25, -0.2) is 4.79 Å². The Labute approximate surface area is 141 Å². The molecule has 0 aliphatic carbocycles. The van der Waals surface area contributed by atoms with Crippen LogP contribution in [0.1, 0.15) is 29.5 Å². The van der Waals surface area contributed by atoms with Gasteiger partial charge in [0.25, 0.3) is 5.91 Å². The van der Waals surface area contributed by atoms with Gasteiger partial charge in [0.05, 0.1) is 5.56 Å². The maximum atomic E-state index is 12.7. The Morgan fingerprint density at radius 2 is 1.96 bits per heavy atom. The summed E-state index contributed by atoms with van der Waals surface area (Å²) < 4.78 is 48.2. The Hall–Kier alpha value is -2.77. The van der Waals surface area contributed by atoms with Crippen molar-refractivity contribution in [1.29, 1.82) is 0 Å². The molecule has 0 atom stereocenters. The number of alkyl halides is 3. The second-order valence-corrected chi connectivity index (χ2v) is 5.17. The van der Waals surface area contributed by atoms with Crippen LogP contribution >= 0.6 is 0 Å². The standard InChI is InChI=1S/C17H16F3NO4/c1-2-8-21-15(22)10-24-16(23)14-7-6-13(25-14)11-4-3-5-12(9-11)17(18,19)20/h3-7,9H,2,8,10H2,1H3,(H,21,22). The van der Waals surface area contributed by atoms with E-state index < -0.39 is 30.2 Å². The fourth-order valence-corrected chi connectivity index (χ4v) is 1.97. The Morgan fingerprint density at radius 3 is 2.64 bits per heavy atom. The molecule has 1 aromatic carbocycles. The van der Waals surface area contributed by atoms with Crippen LogP contribution in [0.4, 0.5) is 13.2 Å². The zero-order valence-corrected chi connectivity index (χ0v) is 13.4. The molecule has 1 heterocycles. The highest BCUT2D eigenvalue weighted by molar-refractivity contribution is 5.89. The van der Waals surface area contributed by atoms with Crippen molar-refractivity contribution in [3.8, 4) is 11.3 Å². The van der Waals surface area contributed by atoms with Gasteiger partial charge in [-0.05, 0) is 30.7 Å². The first-order valence-electron chi connectivity index (χ1n) is 7.52. The minimum Gasteiger partial charge on any atom is -0.450 e. The number of esters is 1. The number of benzene rings is 1. The molecule has 25 heavy (non-hydrogen) atoms. The average molecular weight is 355 g/mol. The SMILES string of the molecule is CCCNC(=O)COC(=O)c1ccc(-c2cccc(C(F)(F)F)c2)o1. The summed E-state index contributed by atoms with van der Waals surface area (Å²) >= 11 is 0. The van der Waals surface area contributed by atoms with Gasteiger partial charge in [0, 0.05) is 12.1 Å². The van der Waals surface area contributed by atoms with Gasteiger partial charge >= 0.3 is 12.1 Å². The maximum Gasteiger partial charge on any atom is 0.416 e. The Kier molecular flexibility index (Phi) is 5.84. The van der Waals surface area contributed by atoms with E-state index in [1.807, 2.05) is 6.92 Å². The maximum absolute atomic E-state index is 12.7. The first-order valence-corrected chi connectivity index (χ1v) is 7.52. The molecule has 1 N–H and O–H groups in total. The summed E-state index contributed by atoms with van der Waals surface area (Å²) in [5.74, 6) is -1.42. The number of furan rings is 1. The van der Waals surface area contributed by atoms with Crippen molar-refractivity contribution in [2.75, 3.05) is 13.2 Å². The molecule has 8 heteroatoms. The fourth-order valence-electron chi connectivity index (χ4n) is 1.97. The lowest BCUT2D eigenvalue weighted by molar-refractivity contribution is -0.137. The molecule has 0 radical (unpaired) electrons. The summed E-state index contributed by atoms with van der Waals surface area (Å²) in [5.41, 5.74) is -0.646. The van der Waals surface area contributed by atoms with Gasteiger partial charge in [0.1, 0.15) is 5.76 Å². The minimum atomic E-state index is -4.48. The van der Waals surface area contributed by atoms with Gasteiger partial charge in [0.15, 0.2) is 6.61 Å². The lowest BCUT2D eigenvalue weighted by Crippen LogP contribution is -2.29. The van der Waals surface area contributed by atoms with Crippen LogP contribution in [0.2, 0.25) is 0 Å². The van der Waals surface area contributed by atoms with Crippen LogP contribution in [0, 0.1) is 0 Å². The van der Waals surface area contributed by atoms with Crippen molar-refractivity contribution in [2.24, 2.45) is 0 Å². The molecule has 2 rings (SSSR count). The normalized spacial score (nSPS) is 11.2. The minimum absolute atomic E-state index is 0.0912. The third-order valence-electron chi connectivity index (χ3n) is 3.19. The number of rotatable bonds is 6. The highest BCUT2D eigenvalue weighted by Gasteiger charge is 2.30. The molecule has 0 saturated heterocycles. The summed E-state index contributed by atoms with van der Waals surface area (Å²) in [5, 5.41) is 2.54. The van der Waals surface area contributed by atoms with Crippen molar-refractivity contribution in [3.05, 3.63) is 47.7 Å². The molecule has 0 unspecified atom stereocenters. The number of ether oxygens (including phenoxy) is 1. The lowest BCUT2D eigenvalue weighted by atomic mass is 10.1. The molecule has 134 valence electrons. The van der Waals surface area contributed by atoms with Crippen molar-refractivity contribution in [2.45, 2.75) is 19.5 Å². The van der Waals surface area contributed by atoms with Crippen LogP contribution in [0.25, 0.3) is 11.3 Å². The van der Waals surface area contributed by atoms with Gasteiger partial charge in [-0.15, -0.1) is 0 Å². The Bertz CT molecular complexity index is 752. The average Bonchev–Trinajstić information content (AvgIpc) is 3.07. The van der Waals surface area contributed by atoms with Gasteiger partial charge in [0.2, 0.25) is 5.76 Å². The molecule has 1 amide bonds. The summed E-state index contributed by atoms with van der Waals surface area (Å²) in [6, 6.07) is 7.19. The number of hydrogen-bond acceptors (Lipinski definition) is 4. The number of halogens is 3. The van der Waals surface area contributed by atoms with Crippen molar-refractivity contribution in [1.82, 2.24) is 5.32 Å². The number of amides is 1. The Morgan fingerprint density at radius 1 is 1.20 bits per heavy atom. The smallest absolute Gasteiger partial charge is 0.416 e. The zero-order valence-electron chi connectivity index (χ0n) is 13.4. The molecule has 2 aromatic rings. The monoisotopic (exact) mass is 355 g/mol. The molecule has 0 aliphatic rings. The summed E-state index contributed by atoms with van der Waals surface area (Å²) in [7, 11) is 0. The van der Waals surface area contributed by atoms with Crippen molar-refractivity contribution >= 4 is 11.9 Å². The summed E-state index contributed by atoms with van der Waals surface area (Å²) in [6.45, 7) is 1.89. The van der Waals surface area contributed by atoms with E-state index in [9.17, 15) is 22.8 Å². The first kappa shape index (κ1) is 18.6. The summed E-state index contributed by atoms with van der Waals surface area (Å²) in [4.78, 5) is 23.2. The molecule has 0 aliphatic heterocycles. The number of carbonyl (C=O) groups is 2. The van der Waals surface area contributed by atoms with Crippen LogP contribution in [0.5, 0.6) is 0 Å². The van der Waals surface area contributed by atoms with Gasteiger partial charge in [-0.1, -0.05) is 19.1 Å². The number of carbonyl (C=O) groups excluding carboxylic acids is 2. The number of nitrogens with one attached hydrogen (secondary N) is 1. The van der Waals surface area contributed by atoms with Gasteiger partial charge in [-0.2, -0.15) is 13.2 Å². The second kappa shape index (κ2) is 7.87. The van der Waals surface area contributed by atoms with E-state index in [0.29, 0.717) is 6.54 Å². The molecular weight excluding hydrogens is 339 g/mol. The summed E-state index contributed by atoms with van der Waals surface area (Å²) in [6.07, 6.45) is -3.73. The second-order valence-electron chi connectivity index (χ2n) is 5.17. The number of hydrogen-bond donors (Lipinski definition) is 1. The van der Waals surface area contributed by atoms with E-state index in [4.69, 9.17) is 9.15 Å². The van der Waals surface area contributed by atoms with E-state index in [2.05, 4.69) is 5.32 Å². The molecule has 1 aromatic heterocycles. The highest BCUT2D eigenvalue weighted by atomic mass is 19.4. The van der Waals surface area contributed by atoms with Crippen LogP contribution in [-0.4, -0.2) is 25.0 Å². The van der Waals surface area contributed by atoms with Crippen LogP contribution in [0.3, 0.4) is 0 Å². The van der Waals surface area contributed by atoms with Crippen LogP contribution < -0.4 is 5.32 Å². The van der Waals surface area contributed by atoms with E-state index >= 15 is 0 Å². The third-order valence-corrected chi connectivity index (χ3v) is 3.19. The topological polar surface area (TPSA) is 68.5 Å². The molecule has 0 saturated carbocycles. The van der Waals surface area contributed by atoms with Gasteiger partial charge in [-0.3, -0.25) is 4.79 Å². The predicted molar refractivity (Wildman–Crippen MR) is 82.7 cm³/mol. The molecule has 5 nitrogen and oxygen atoms in total. The van der Waals surface area contributed by atoms with E-state index in [1.54, 1.807) is 0 Å². The third kappa shape index (κ3) is 5.10. The largest absolute Gasteiger partial charge is 0.450 e. The molecule has 0 spiro atoms. The Balaban J connectivity index is 2.05. The fraction of sp³-hybridized carbons (Fsp3) is 0.294. The van der Waals surface area contributed by atoms with Gasteiger partial charge < -0.3 is 14.5 Å². The van der Waals surface area contributed by atoms with Crippen molar-refractivity contribution < 1.29 is 31.9 Å². The zero-order chi connectivity index (χ0) is 18.4. The molecule has 0 fully saturated rings. The van der Waals surface area contributed by atoms with E-state index in [-0.39, 0.29) is 17.1 Å². The molecular formula is C17H16F3NO4. The lowest BCUT2D eigenvalue weighted by Gasteiger charge is -2.07. The van der Waals surface area contributed by atoms with Crippen LogP contribution in [0.15, 0.2) is 40.8 Å². The van der Waals surface area contributed by atoms with Crippen LogP contribution in [-0.2, 0) is 15.7 Å². The van der Waals surface area contributed by atoms with Crippen molar-refractivity contribution in [3.63, 3.8) is 0 Å². The van der Waals surface area contributed by atoms with E-state index in [1.165, 1.54) is 24.3 Å². The highest BCUT2D eigenvalue weighted by Crippen LogP contribution is 2.32. The quantitative estimate of drug-likeness (QED) is 0.803. The first-order chi connectivity index (χ1) is 11.8. The van der Waals surface area contributed by atoms with E-state index in [0.717, 1.165) is 18.6 Å².